The molecule has 112 valence electrons. The molecule has 1 fully saturated rings. The summed E-state index contributed by atoms with van der Waals surface area (Å²) in [5, 5.41) is 11.3. The number of benzene rings is 1. The van der Waals surface area contributed by atoms with Gasteiger partial charge in [0.05, 0.1) is 0 Å². The molecule has 1 N–H and O–H groups in total. The van der Waals surface area contributed by atoms with Crippen LogP contribution in [-0.2, 0) is 0 Å². The minimum Gasteiger partial charge on any atom is -0.423 e. The van der Waals surface area contributed by atoms with E-state index in [-0.39, 0.29) is 0 Å². The van der Waals surface area contributed by atoms with E-state index in [0.29, 0.717) is 5.89 Å². The summed E-state index contributed by atoms with van der Waals surface area (Å²) in [5.41, 5.74) is 3.41. The Morgan fingerprint density at radius 3 is 2.71 bits per heavy atom. The lowest BCUT2D eigenvalue weighted by Gasteiger charge is -2.17. The third-order valence-corrected chi connectivity index (χ3v) is 4.40. The predicted octanol–water partition coefficient (Wildman–Crippen LogP) is 4.43. The molecule has 0 aliphatic heterocycles. The summed E-state index contributed by atoms with van der Waals surface area (Å²) in [6.07, 6.45) is 9.66. The highest BCUT2D eigenvalue weighted by Crippen LogP contribution is 2.26. The van der Waals surface area contributed by atoms with Gasteiger partial charge in [0.25, 0.3) is 0 Å². The lowest BCUT2D eigenvalue weighted by molar-refractivity contribution is 0.483. The first-order chi connectivity index (χ1) is 10.3. The van der Waals surface area contributed by atoms with Crippen LogP contribution in [0, 0.1) is 12.8 Å². The van der Waals surface area contributed by atoms with Gasteiger partial charge in [-0.3, -0.25) is 0 Å². The molecule has 3 rings (SSSR count). The van der Waals surface area contributed by atoms with E-state index in [2.05, 4.69) is 34.6 Å². The van der Waals surface area contributed by atoms with Crippen molar-refractivity contribution in [1.29, 1.82) is 0 Å². The Kier molecular flexibility index (Phi) is 4.53. The van der Waals surface area contributed by atoms with Gasteiger partial charge in [-0.05, 0) is 43.4 Å². The number of aromatic nitrogens is 2. The van der Waals surface area contributed by atoms with Crippen molar-refractivity contribution >= 4 is 5.69 Å². The maximum atomic E-state index is 5.28. The Bertz CT molecular complexity index is 557. The van der Waals surface area contributed by atoms with Crippen molar-refractivity contribution in [1.82, 2.24) is 10.2 Å². The molecule has 1 heterocycles. The minimum absolute atomic E-state index is 0.576. The molecule has 2 aromatic rings. The van der Waals surface area contributed by atoms with E-state index >= 15 is 0 Å². The molecular formula is C17H23N3O. The smallest absolute Gasteiger partial charge is 0.247 e. The molecule has 0 saturated heterocycles. The topological polar surface area (TPSA) is 51.0 Å². The highest BCUT2D eigenvalue weighted by Gasteiger charge is 2.13. The van der Waals surface area contributed by atoms with Gasteiger partial charge in [-0.25, -0.2) is 0 Å². The lowest BCUT2D eigenvalue weighted by atomic mass is 10.00. The molecule has 0 bridgehead atoms. The van der Waals surface area contributed by atoms with Crippen LogP contribution in [0.3, 0.4) is 0 Å². The zero-order chi connectivity index (χ0) is 14.5. The first kappa shape index (κ1) is 14.1. The van der Waals surface area contributed by atoms with Gasteiger partial charge in [0.2, 0.25) is 12.3 Å². The van der Waals surface area contributed by atoms with Crippen LogP contribution in [0.5, 0.6) is 0 Å². The van der Waals surface area contributed by atoms with Crippen LogP contribution in [0.2, 0.25) is 0 Å². The number of nitrogens with zero attached hydrogens (tertiary/aromatic N) is 2. The van der Waals surface area contributed by atoms with E-state index in [9.17, 15) is 0 Å². The van der Waals surface area contributed by atoms with E-state index in [1.807, 2.05) is 6.07 Å². The quantitative estimate of drug-likeness (QED) is 0.844. The van der Waals surface area contributed by atoms with Crippen LogP contribution in [0.15, 0.2) is 29.0 Å². The summed E-state index contributed by atoms with van der Waals surface area (Å²) >= 11 is 0. The molecule has 1 saturated carbocycles. The standard InChI is InChI=1S/C17H23N3O/c1-13-8-9-15(17-20-19-12-21-17)10-16(13)18-11-14-6-4-2-3-5-7-14/h8-10,12,14,18H,2-7,11H2,1H3. The SMILES string of the molecule is Cc1ccc(-c2nnco2)cc1NCC1CCCCCC1. The lowest BCUT2D eigenvalue weighted by Crippen LogP contribution is -2.14. The summed E-state index contributed by atoms with van der Waals surface area (Å²) < 4.78 is 5.28. The van der Waals surface area contributed by atoms with Crippen molar-refractivity contribution < 1.29 is 4.42 Å². The summed E-state index contributed by atoms with van der Waals surface area (Å²) in [5.74, 6) is 1.38. The number of hydrogen-bond donors (Lipinski definition) is 1. The molecule has 1 aliphatic rings. The molecule has 4 nitrogen and oxygen atoms in total. The number of aryl methyl sites for hydroxylation is 1. The molecule has 0 amide bonds. The highest BCUT2D eigenvalue weighted by molar-refractivity contribution is 5.64. The Balaban J connectivity index is 1.68. The fourth-order valence-electron chi connectivity index (χ4n) is 3.07. The van der Waals surface area contributed by atoms with Gasteiger partial charge in [-0.1, -0.05) is 31.7 Å². The van der Waals surface area contributed by atoms with Gasteiger partial charge < -0.3 is 9.73 Å². The number of anilines is 1. The third kappa shape index (κ3) is 3.63. The highest BCUT2D eigenvalue weighted by atomic mass is 16.4. The normalized spacial score (nSPS) is 16.6. The van der Waals surface area contributed by atoms with Crippen molar-refractivity contribution in [2.45, 2.75) is 45.4 Å². The summed E-state index contributed by atoms with van der Waals surface area (Å²) in [6.45, 7) is 3.20. The van der Waals surface area contributed by atoms with Crippen molar-refractivity contribution in [3.8, 4) is 11.5 Å². The first-order valence-corrected chi connectivity index (χ1v) is 7.94. The fraction of sp³-hybridized carbons (Fsp3) is 0.529. The maximum absolute atomic E-state index is 5.28. The van der Waals surface area contributed by atoms with E-state index in [4.69, 9.17) is 4.42 Å². The second-order valence-electron chi connectivity index (χ2n) is 6.01. The third-order valence-electron chi connectivity index (χ3n) is 4.40. The maximum Gasteiger partial charge on any atom is 0.247 e. The molecule has 0 atom stereocenters. The van der Waals surface area contributed by atoms with Crippen LogP contribution in [0.1, 0.15) is 44.1 Å². The summed E-state index contributed by atoms with van der Waals surface area (Å²) in [6, 6.07) is 6.24. The van der Waals surface area contributed by atoms with Crippen molar-refractivity contribution in [3.05, 3.63) is 30.2 Å². The molecule has 21 heavy (non-hydrogen) atoms. The van der Waals surface area contributed by atoms with E-state index in [0.717, 1.165) is 18.0 Å². The second-order valence-corrected chi connectivity index (χ2v) is 6.01. The van der Waals surface area contributed by atoms with Gasteiger partial charge in [0.15, 0.2) is 0 Å². The first-order valence-electron chi connectivity index (χ1n) is 7.94. The zero-order valence-corrected chi connectivity index (χ0v) is 12.6. The Morgan fingerprint density at radius 2 is 2.00 bits per heavy atom. The average Bonchev–Trinajstić information content (AvgIpc) is 2.91. The van der Waals surface area contributed by atoms with Crippen molar-refractivity contribution in [3.63, 3.8) is 0 Å². The summed E-state index contributed by atoms with van der Waals surface area (Å²) in [7, 11) is 0. The largest absolute Gasteiger partial charge is 0.423 e. The summed E-state index contributed by atoms with van der Waals surface area (Å²) in [4.78, 5) is 0. The molecule has 0 spiro atoms. The Morgan fingerprint density at radius 1 is 1.19 bits per heavy atom. The van der Waals surface area contributed by atoms with Crippen LogP contribution in [0.25, 0.3) is 11.5 Å². The molecule has 1 aromatic carbocycles. The Hall–Kier alpha value is -1.84. The van der Waals surface area contributed by atoms with Gasteiger partial charge >= 0.3 is 0 Å². The Labute approximate surface area is 126 Å². The van der Waals surface area contributed by atoms with E-state index in [1.54, 1.807) is 0 Å². The number of rotatable bonds is 4. The average molecular weight is 285 g/mol. The second kappa shape index (κ2) is 6.74. The fourth-order valence-corrected chi connectivity index (χ4v) is 3.07. The molecule has 4 heteroatoms. The zero-order valence-electron chi connectivity index (χ0n) is 12.6. The molecule has 1 aliphatic carbocycles. The van der Waals surface area contributed by atoms with Crippen LogP contribution >= 0.6 is 0 Å². The van der Waals surface area contributed by atoms with Crippen LogP contribution < -0.4 is 5.32 Å². The predicted molar refractivity (Wildman–Crippen MR) is 84.2 cm³/mol. The van der Waals surface area contributed by atoms with Gasteiger partial charge in [-0.15, -0.1) is 10.2 Å². The van der Waals surface area contributed by atoms with Crippen LogP contribution in [-0.4, -0.2) is 16.7 Å². The van der Waals surface area contributed by atoms with E-state index in [1.165, 1.54) is 56.2 Å². The molecular weight excluding hydrogens is 262 g/mol. The van der Waals surface area contributed by atoms with Gasteiger partial charge in [-0.2, -0.15) is 0 Å². The van der Waals surface area contributed by atoms with Crippen LogP contribution in [0.4, 0.5) is 5.69 Å². The van der Waals surface area contributed by atoms with Crippen molar-refractivity contribution in [2.75, 3.05) is 11.9 Å². The van der Waals surface area contributed by atoms with Gasteiger partial charge in [0.1, 0.15) is 0 Å². The van der Waals surface area contributed by atoms with Crippen molar-refractivity contribution in [2.24, 2.45) is 5.92 Å². The molecule has 0 unspecified atom stereocenters. The monoisotopic (exact) mass is 285 g/mol. The molecule has 0 radical (unpaired) electrons. The number of nitrogens with one attached hydrogen (secondary N) is 1. The van der Waals surface area contributed by atoms with Gasteiger partial charge in [0, 0.05) is 17.8 Å². The number of hydrogen-bond acceptors (Lipinski definition) is 4. The van der Waals surface area contributed by atoms with E-state index < -0.39 is 0 Å². The molecule has 1 aromatic heterocycles. The minimum atomic E-state index is 0.576.